The summed E-state index contributed by atoms with van der Waals surface area (Å²) in [6.07, 6.45) is 1.53. The molecule has 1 aromatic rings. The fourth-order valence-corrected chi connectivity index (χ4v) is 3.11. The van der Waals surface area contributed by atoms with E-state index in [9.17, 15) is 15.2 Å². The van der Waals surface area contributed by atoms with Crippen LogP contribution in [0, 0.1) is 23.0 Å². The molecule has 1 aliphatic carbocycles. The van der Waals surface area contributed by atoms with Crippen LogP contribution in [0.4, 0.5) is 11.4 Å². The van der Waals surface area contributed by atoms with Crippen molar-refractivity contribution in [1.29, 1.82) is 0 Å². The van der Waals surface area contributed by atoms with Crippen LogP contribution >= 0.6 is 15.9 Å². The number of nitro groups is 1. The van der Waals surface area contributed by atoms with Gasteiger partial charge in [0.25, 0.3) is 5.69 Å². The lowest BCUT2D eigenvalue weighted by Crippen LogP contribution is -2.37. The third kappa shape index (κ3) is 3.06. The number of hydrogen-bond donors (Lipinski definition) is 1. The lowest BCUT2D eigenvalue weighted by Gasteiger charge is -2.35. The molecule has 1 saturated carbocycles. The Bertz CT molecular complexity index is 501. The molecule has 0 saturated heterocycles. The molecule has 1 fully saturated rings. The second-order valence-electron chi connectivity index (χ2n) is 5.22. The molecule has 0 heterocycles. The molecule has 19 heavy (non-hydrogen) atoms. The number of halogens is 1. The first kappa shape index (κ1) is 14.3. The van der Waals surface area contributed by atoms with Gasteiger partial charge >= 0.3 is 0 Å². The van der Waals surface area contributed by atoms with Crippen LogP contribution < -0.4 is 4.90 Å². The quantitative estimate of drug-likeness (QED) is 0.681. The fraction of sp³-hybridized carbons (Fsp3) is 0.538. The highest BCUT2D eigenvalue weighted by molar-refractivity contribution is 9.10. The highest BCUT2D eigenvalue weighted by Crippen LogP contribution is 2.35. The summed E-state index contributed by atoms with van der Waals surface area (Å²) >= 11 is 3.40. The average molecular weight is 329 g/mol. The highest BCUT2D eigenvalue weighted by Gasteiger charge is 2.28. The topological polar surface area (TPSA) is 66.6 Å². The van der Waals surface area contributed by atoms with Crippen molar-refractivity contribution in [2.45, 2.75) is 25.9 Å². The fourth-order valence-electron chi connectivity index (χ4n) is 2.48. The van der Waals surface area contributed by atoms with Crippen LogP contribution in [0.5, 0.6) is 0 Å². The standard InChI is InChI=1S/C13H17BrN2O3/c1-8-3-13(11(14)6-12(8)16(18)19)15(2)7-9-4-10(17)5-9/h3,6,9-10,17H,4-5,7H2,1-2H3. The van der Waals surface area contributed by atoms with E-state index in [1.165, 1.54) is 0 Å². The summed E-state index contributed by atoms with van der Waals surface area (Å²) in [6, 6.07) is 3.38. The number of benzene rings is 1. The zero-order valence-electron chi connectivity index (χ0n) is 11.0. The predicted octanol–water partition coefficient (Wildman–Crippen LogP) is 2.87. The van der Waals surface area contributed by atoms with Crippen LogP contribution in [-0.2, 0) is 0 Å². The smallest absolute Gasteiger partial charge is 0.273 e. The molecule has 0 aromatic heterocycles. The van der Waals surface area contributed by atoms with Crippen LogP contribution in [0.3, 0.4) is 0 Å². The van der Waals surface area contributed by atoms with Crippen molar-refractivity contribution in [3.63, 3.8) is 0 Å². The van der Waals surface area contributed by atoms with E-state index in [0.29, 0.717) is 11.5 Å². The summed E-state index contributed by atoms with van der Waals surface area (Å²) in [5.74, 6) is 0.502. The van der Waals surface area contributed by atoms with Gasteiger partial charge in [-0.3, -0.25) is 10.1 Å². The number of nitro benzene ring substituents is 1. The number of aliphatic hydroxyl groups is 1. The Hall–Kier alpha value is -1.14. The first-order chi connectivity index (χ1) is 8.88. The van der Waals surface area contributed by atoms with Gasteiger partial charge in [-0.05, 0) is 47.7 Å². The van der Waals surface area contributed by atoms with Crippen molar-refractivity contribution >= 4 is 27.3 Å². The largest absolute Gasteiger partial charge is 0.393 e. The Balaban J connectivity index is 2.15. The first-order valence-corrected chi connectivity index (χ1v) is 7.01. The minimum atomic E-state index is -0.369. The molecule has 0 aliphatic heterocycles. The van der Waals surface area contributed by atoms with Crippen LogP contribution in [0.1, 0.15) is 18.4 Å². The number of aliphatic hydroxyl groups excluding tert-OH is 1. The second kappa shape index (κ2) is 5.46. The Labute approximate surface area is 120 Å². The van der Waals surface area contributed by atoms with E-state index in [-0.39, 0.29) is 16.7 Å². The molecule has 104 valence electrons. The minimum absolute atomic E-state index is 0.128. The van der Waals surface area contributed by atoms with Crippen molar-refractivity contribution in [3.05, 3.63) is 32.3 Å². The van der Waals surface area contributed by atoms with E-state index in [4.69, 9.17) is 0 Å². The summed E-state index contributed by atoms with van der Waals surface area (Å²) in [4.78, 5) is 12.6. The number of hydrogen-bond acceptors (Lipinski definition) is 4. The third-order valence-corrected chi connectivity index (χ3v) is 4.25. The number of nitrogens with zero attached hydrogens (tertiary/aromatic N) is 2. The summed E-state index contributed by atoms with van der Waals surface area (Å²) in [5, 5.41) is 20.2. The maximum absolute atomic E-state index is 10.9. The van der Waals surface area contributed by atoms with Gasteiger partial charge in [-0.25, -0.2) is 0 Å². The van der Waals surface area contributed by atoms with Gasteiger partial charge in [-0.15, -0.1) is 0 Å². The van der Waals surface area contributed by atoms with Crippen molar-refractivity contribution < 1.29 is 10.0 Å². The average Bonchev–Trinajstić information content (AvgIpc) is 2.29. The lowest BCUT2D eigenvalue weighted by atomic mass is 9.82. The molecular formula is C13H17BrN2O3. The van der Waals surface area contributed by atoms with Crippen LogP contribution in [0.15, 0.2) is 16.6 Å². The summed E-state index contributed by atoms with van der Waals surface area (Å²) < 4.78 is 0.729. The van der Waals surface area contributed by atoms with E-state index >= 15 is 0 Å². The highest BCUT2D eigenvalue weighted by atomic mass is 79.9. The second-order valence-corrected chi connectivity index (χ2v) is 6.07. The van der Waals surface area contributed by atoms with E-state index in [2.05, 4.69) is 20.8 Å². The maximum Gasteiger partial charge on any atom is 0.273 e. The van der Waals surface area contributed by atoms with Crippen LogP contribution in [0.25, 0.3) is 0 Å². The minimum Gasteiger partial charge on any atom is -0.393 e. The molecule has 0 radical (unpaired) electrons. The molecule has 1 aliphatic rings. The molecule has 5 nitrogen and oxygen atoms in total. The molecule has 1 N–H and O–H groups in total. The van der Waals surface area contributed by atoms with Crippen molar-refractivity contribution in [2.75, 3.05) is 18.5 Å². The van der Waals surface area contributed by atoms with Gasteiger partial charge in [0.15, 0.2) is 0 Å². The van der Waals surface area contributed by atoms with Gasteiger partial charge in [-0.2, -0.15) is 0 Å². The molecular weight excluding hydrogens is 312 g/mol. The van der Waals surface area contributed by atoms with Crippen molar-refractivity contribution in [2.24, 2.45) is 5.92 Å². The first-order valence-electron chi connectivity index (χ1n) is 6.22. The zero-order chi connectivity index (χ0) is 14.2. The Morgan fingerprint density at radius 3 is 2.68 bits per heavy atom. The number of anilines is 1. The number of rotatable bonds is 4. The van der Waals surface area contributed by atoms with Gasteiger partial charge in [0.05, 0.1) is 16.7 Å². The molecule has 1 aromatic carbocycles. The maximum atomic E-state index is 10.9. The molecule has 0 spiro atoms. The summed E-state index contributed by atoms with van der Waals surface area (Å²) in [6.45, 7) is 2.60. The van der Waals surface area contributed by atoms with Crippen LogP contribution in [-0.4, -0.2) is 29.7 Å². The van der Waals surface area contributed by atoms with Gasteiger partial charge in [0.2, 0.25) is 0 Å². The zero-order valence-corrected chi connectivity index (χ0v) is 12.6. The Kier molecular flexibility index (Phi) is 4.10. The molecule has 6 heteroatoms. The third-order valence-electron chi connectivity index (χ3n) is 3.62. The van der Waals surface area contributed by atoms with Crippen molar-refractivity contribution in [3.8, 4) is 0 Å². The van der Waals surface area contributed by atoms with E-state index in [0.717, 1.165) is 29.5 Å². The monoisotopic (exact) mass is 328 g/mol. The lowest BCUT2D eigenvalue weighted by molar-refractivity contribution is -0.385. The van der Waals surface area contributed by atoms with Gasteiger partial charge in [0, 0.05) is 29.7 Å². The summed E-state index contributed by atoms with van der Waals surface area (Å²) in [5.41, 5.74) is 1.73. The molecule has 0 amide bonds. The predicted molar refractivity (Wildman–Crippen MR) is 77.5 cm³/mol. The van der Waals surface area contributed by atoms with E-state index in [1.54, 1.807) is 13.0 Å². The Morgan fingerprint density at radius 1 is 1.53 bits per heavy atom. The van der Waals surface area contributed by atoms with Gasteiger partial charge < -0.3 is 10.0 Å². The van der Waals surface area contributed by atoms with E-state index < -0.39 is 0 Å². The SMILES string of the molecule is Cc1cc(N(C)CC2CC(O)C2)c(Br)cc1[N+](=O)[O-]. The molecule has 2 rings (SSSR count). The molecule has 0 atom stereocenters. The summed E-state index contributed by atoms with van der Waals surface area (Å²) in [7, 11) is 1.97. The Morgan fingerprint density at radius 2 is 2.16 bits per heavy atom. The van der Waals surface area contributed by atoms with Crippen molar-refractivity contribution in [1.82, 2.24) is 0 Å². The van der Waals surface area contributed by atoms with Gasteiger partial charge in [-0.1, -0.05) is 0 Å². The normalized spacial score (nSPS) is 21.9. The van der Waals surface area contributed by atoms with Gasteiger partial charge in [0.1, 0.15) is 0 Å². The molecule has 0 bridgehead atoms. The van der Waals surface area contributed by atoms with Crippen LogP contribution in [0.2, 0.25) is 0 Å². The van der Waals surface area contributed by atoms with E-state index in [1.807, 2.05) is 13.1 Å². The number of aryl methyl sites for hydroxylation is 1. The molecule has 0 unspecified atom stereocenters.